The van der Waals surface area contributed by atoms with E-state index in [4.69, 9.17) is 27.6 Å². The Morgan fingerprint density at radius 2 is 1.73 bits per heavy atom. The van der Waals surface area contributed by atoms with Crippen LogP contribution in [0.1, 0.15) is 10.4 Å². The lowest BCUT2D eigenvalue weighted by atomic mass is 10.2. The molecule has 22 heavy (non-hydrogen) atoms. The average Bonchev–Trinajstić information content (AvgIpc) is 2.97. The molecule has 0 bridgehead atoms. The van der Waals surface area contributed by atoms with Gasteiger partial charge in [-0.05, 0) is 36.4 Å². The van der Waals surface area contributed by atoms with Gasteiger partial charge in [0.1, 0.15) is 0 Å². The third-order valence-electron chi connectivity index (χ3n) is 2.86. The van der Waals surface area contributed by atoms with Gasteiger partial charge in [-0.3, -0.25) is 10.1 Å². The number of nitrogens with zero attached hydrogens (tertiary/aromatic N) is 2. The van der Waals surface area contributed by atoms with Crippen LogP contribution in [0.5, 0.6) is 0 Å². The molecule has 7 heteroatoms. The van der Waals surface area contributed by atoms with Crippen molar-refractivity contribution in [2.24, 2.45) is 0 Å². The number of benzene rings is 2. The van der Waals surface area contributed by atoms with E-state index in [9.17, 15) is 4.79 Å². The molecule has 0 unspecified atom stereocenters. The van der Waals surface area contributed by atoms with Gasteiger partial charge in [0, 0.05) is 10.6 Å². The number of anilines is 1. The lowest BCUT2D eigenvalue weighted by molar-refractivity contribution is 0.102. The number of rotatable bonds is 3. The predicted octanol–water partition coefficient (Wildman–Crippen LogP) is 4.30. The number of amides is 1. The Bertz CT molecular complexity index is 816. The van der Waals surface area contributed by atoms with Gasteiger partial charge in [0.2, 0.25) is 5.89 Å². The van der Waals surface area contributed by atoms with E-state index < -0.39 is 5.91 Å². The zero-order valence-electron chi connectivity index (χ0n) is 11.1. The second-order valence-electron chi connectivity index (χ2n) is 4.35. The monoisotopic (exact) mass is 333 g/mol. The summed E-state index contributed by atoms with van der Waals surface area (Å²) in [7, 11) is 0. The van der Waals surface area contributed by atoms with E-state index in [0.717, 1.165) is 0 Å². The molecule has 1 heterocycles. The van der Waals surface area contributed by atoms with Crippen LogP contribution in [0.25, 0.3) is 11.5 Å². The molecule has 1 aromatic heterocycles. The molecule has 1 N–H and O–H groups in total. The van der Waals surface area contributed by atoms with Crippen LogP contribution in [0.3, 0.4) is 0 Å². The van der Waals surface area contributed by atoms with Crippen molar-refractivity contribution in [1.29, 1.82) is 0 Å². The SMILES string of the molecule is O=C(Nc1nnc(-c2ccc(Cl)cc2)o1)c1ccccc1Cl. The number of hydrogen-bond donors (Lipinski definition) is 1. The minimum atomic E-state index is -0.420. The zero-order chi connectivity index (χ0) is 15.5. The molecule has 0 spiro atoms. The zero-order valence-corrected chi connectivity index (χ0v) is 12.6. The largest absolute Gasteiger partial charge is 0.403 e. The average molecular weight is 334 g/mol. The highest BCUT2D eigenvalue weighted by Crippen LogP contribution is 2.22. The Morgan fingerprint density at radius 1 is 1.00 bits per heavy atom. The summed E-state index contributed by atoms with van der Waals surface area (Å²) >= 11 is 11.8. The van der Waals surface area contributed by atoms with Gasteiger partial charge in [0.25, 0.3) is 5.91 Å². The standard InChI is InChI=1S/C15H9Cl2N3O2/c16-10-7-5-9(6-8-10)14-19-20-15(22-14)18-13(21)11-3-1-2-4-12(11)17/h1-8H,(H,18,20,21). The molecule has 3 rings (SSSR count). The summed E-state index contributed by atoms with van der Waals surface area (Å²) in [5, 5.41) is 11.1. The maximum atomic E-state index is 12.1. The first-order valence-corrected chi connectivity index (χ1v) is 7.04. The molecular formula is C15H9Cl2N3O2. The molecule has 3 aromatic rings. The van der Waals surface area contributed by atoms with Crippen molar-refractivity contribution in [3.63, 3.8) is 0 Å². The van der Waals surface area contributed by atoms with E-state index in [0.29, 0.717) is 21.2 Å². The third-order valence-corrected chi connectivity index (χ3v) is 3.44. The Labute approximate surface area is 135 Å². The normalized spacial score (nSPS) is 10.5. The van der Waals surface area contributed by atoms with Crippen LogP contribution in [0.4, 0.5) is 6.01 Å². The lowest BCUT2D eigenvalue weighted by Crippen LogP contribution is -2.12. The fourth-order valence-electron chi connectivity index (χ4n) is 1.79. The van der Waals surface area contributed by atoms with Crippen LogP contribution < -0.4 is 5.32 Å². The van der Waals surface area contributed by atoms with Crippen LogP contribution in [-0.2, 0) is 0 Å². The molecule has 0 radical (unpaired) electrons. The smallest absolute Gasteiger partial charge is 0.322 e. The number of carbonyl (C=O) groups is 1. The Balaban J connectivity index is 1.78. The number of aromatic nitrogens is 2. The summed E-state index contributed by atoms with van der Waals surface area (Å²) in [6.07, 6.45) is 0. The summed E-state index contributed by atoms with van der Waals surface area (Å²) in [5.74, 6) is -0.136. The Hall–Kier alpha value is -2.37. The van der Waals surface area contributed by atoms with Crippen LogP contribution in [0.2, 0.25) is 10.0 Å². The Morgan fingerprint density at radius 3 is 2.45 bits per heavy atom. The first-order valence-electron chi connectivity index (χ1n) is 6.29. The number of hydrogen-bond acceptors (Lipinski definition) is 4. The summed E-state index contributed by atoms with van der Waals surface area (Å²) in [6, 6.07) is 13.6. The number of carbonyl (C=O) groups excluding carboxylic acids is 1. The molecule has 0 atom stereocenters. The first-order chi connectivity index (χ1) is 10.6. The minimum absolute atomic E-state index is 0.00475. The molecule has 0 saturated carbocycles. The van der Waals surface area contributed by atoms with Gasteiger partial charge in [-0.2, -0.15) is 0 Å². The van der Waals surface area contributed by atoms with Gasteiger partial charge in [-0.25, -0.2) is 0 Å². The molecule has 0 aliphatic carbocycles. The van der Waals surface area contributed by atoms with Crippen molar-refractivity contribution in [1.82, 2.24) is 10.2 Å². The highest BCUT2D eigenvalue weighted by atomic mass is 35.5. The summed E-state index contributed by atoms with van der Waals surface area (Å²) in [5.41, 5.74) is 1.03. The number of halogens is 2. The molecule has 2 aromatic carbocycles. The fraction of sp³-hybridized carbons (Fsp3) is 0. The quantitative estimate of drug-likeness (QED) is 0.776. The molecular weight excluding hydrogens is 325 g/mol. The fourth-order valence-corrected chi connectivity index (χ4v) is 2.14. The predicted molar refractivity (Wildman–Crippen MR) is 84.1 cm³/mol. The van der Waals surface area contributed by atoms with Gasteiger partial charge in [-0.15, -0.1) is 5.10 Å². The van der Waals surface area contributed by atoms with Crippen molar-refractivity contribution in [3.8, 4) is 11.5 Å². The summed E-state index contributed by atoms with van der Waals surface area (Å²) < 4.78 is 5.40. The van der Waals surface area contributed by atoms with E-state index >= 15 is 0 Å². The van der Waals surface area contributed by atoms with Gasteiger partial charge in [0.15, 0.2) is 0 Å². The first kappa shape index (κ1) is 14.6. The molecule has 0 aliphatic heterocycles. The lowest BCUT2D eigenvalue weighted by Gasteiger charge is -2.02. The van der Waals surface area contributed by atoms with Crippen LogP contribution in [0, 0.1) is 0 Å². The van der Waals surface area contributed by atoms with Crippen LogP contribution in [-0.4, -0.2) is 16.1 Å². The van der Waals surface area contributed by atoms with Gasteiger partial charge >= 0.3 is 6.01 Å². The van der Waals surface area contributed by atoms with Crippen molar-refractivity contribution in [2.75, 3.05) is 5.32 Å². The van der Waals surface area contributed by atoms with Crippen LogP contribution in [0.15, 0.2) is 52.9 Å². The van der Waals surface area contributed by atoms with E-state index in [1.807, 2.05) is 0 Å². The molecule has 1 amide bonds. The molecule has 0 fully saturated rings. The molecule has 5 nitrogen and oxygen atoms in total. The maximum Gasteiger partial charge on any atom is 0.322 e. The Kier molecular flexibility index (Phi) is 4.09. The van der Waals surface area contributed by atoms with E-state index in [1.54, 1.807) is 48.5 Å². The van der Waals surface area contributed by atoms with E-state index in [2.05, 4.69) is 15.5 Å². The maximum absolute atomic E-state index is 12.1. The molecule has 0 saturated heterocycles. The number of nitrogens with one attached hydrogen (secondary N) is 1. The van der Waals surface area contributed by atoms with Crippen molar-refractivity contribution < 1.29 is 9.21 Å². The topological polar surface area (TPSA) is 68.0 Å². The van der Waals surface area contributed by atoms with E-state index in [-0.39, 0.29) is 11.9 Å². The van der Waals surface area contributed by atoms with Gasteiger partial charge < -0.3 is 4.42 Å². The third kappa shape index (κ3) is 3.10. The van der Waals surface area contributed by atoms with Crippen molar-refractivity contribution >= 4 is 35.1 Å². The van der Waals surface area contributed by atoms with Crippen molar-refractivity contribution in [2.45, 2.75) is 0 Å². The van der Waals surface area contributed by atoms with Gasteiger partial charge in [0.05, 0.1) is 10.6 Å². The minimum Gasteiger partial charge on any atom is -0.403 e. The molecule has 110 valence electrons. The van der Waals surface area contributed by atoms with Crippen molar-refractivity contribution in [3.05, 3.63) is 64.1 Å². The van der Waals surface area contributed by atoms with Crippen LogP contribution >= 0.6 is 23.2 Å². The summed E-state index contributed by atoms with van der Waals surface area (Å²) in [4.78, 5) is 12.1. The highest BCUT2D eigenvalue weighted by Gasteiger charge is 2.14. The second-order valence-corrected chi connectivity index (χ2v) is 5.20. The second kappa shape index (κ2) is 6.17. The summed E-state index contributed by atoms with van der Waals surface area (Å²) in [6.45, 7) is 0. The molecule has 0 aliphatic rings. The van der Waals surface area contributed by atoms with Gasteiger partial charge in [-0.1, -0.05) is 40.4 Å². The highest BCUT2D eigenvalue weighted by molar-refractivity contribution is 6.34. The van der Waals surface area contributed by atoms with E-state index in [1.165, 1.54) is 0 Å².